The Bertz CT molecular complexity index is 173. The quantitative estimate of drug-likeness (QED) is 0.623. The molecule has 0 aliphatic heterocycles. The molecule has 15 heavy (non-hydrogen) atoms. The topological polar surface area (TPSA) is 32.7 Å². The maximum absolute atomic E-state index is 9.59. The van der Waals surface area contributed by atoms with Crippen LogP contribution < -0.4 is 0 Å². The highest BCUT2D eigenvalue weighted by Crippen LogP contribution is 2.13. The van der Waals surface area contributed by atoms with Crippen LogP contribution in [0.15, 0.2) is 12.7 Å². The van der Waals surface area contributed by atoms with Crippen LogP contribution in [0.5, 0.6) is 0 Å². The van der Waals surface area contributed by atoms with Gasteiger partial charge in [0.15, 0.2) is 0 Å². The Hall–Kier alpha value is -0.380. The van der Waals surface area contributed by atoms with Gasteiger partial charge >= 0.3 is 0 Å². The van der Waals surface area contributed by atoms with Crippen LogP contribution in [0.1, 0.15) is 20.3 Å². The van der Waals surface area contributed by atoms with Gasteiger partial charge in [0.1, 0.15) is 0 Å². The van der Waals surface area contributed by atoms with E-state index in [-0.39, 0.29) is 0 Å². The van der Waals surface area contributed by atoms with E-state index >= 15 is 0 Å². The Labute approximate surface area is 93.7 Å². The van der Waals surface area contributed by atoms with Crippen LogP contribution in [-0.4, -0.2) is 49.5 Å². The van der Waals surface area contributed by atoms with Crippen LogP contribution in [0.3, 0.4) is 0 Å². The minimum Gasteiger partial charge on any atom is -0.389 e. The Morgan fingerprint density at radius 1 is 1.47 bits per heavy atom. The minimum atomic E-state index is -0.404. The highest BCUT2D eigenvalue weighted by molar-refractivity contribution is 4.79. The standard InChI is InChI=1S/C12H25NO2/c1-6-7-10(2)11(3)13(4)8-12(14)9-15-5/h6,10-12,14H,1,7-9H2,2-5H3. The van der Waals surface area contributed by atoms with Gasteiger partial charge in [-0.1, -0.05) is 13.0 Å². The predicted molar refractivity (Wildman–Crippen MR) is 64.0 cm³/mol. The minimum absolute atomic E-state index is 0.396. The normalized spacial score (nSPS) is 17.5. The van der Waals surface area contributed by atoms with Crippen LogP contribution in [-0.2, 0) is 4.74 Å². The largest absolute Gasteiger partial charge is 0.389 e. The number of likely N-dealkylation sites (N-methyl/N-ethyl adjacent to an activating group) is 1. The van der Waals surface area contributed by atoms with E-state index in [4.69, 9.17) is 4.74 Å². The molecule has 0 aliphatic rings. The van der Waals surface area contributed by atoms with Gasteiger partial charge in [-0.25, -0.2) is 0 Å². The van der Waals surface area contributed by atoms with Crippen molar-refractivity contribution in [3.05, 3.63) is 12.7 Å². The SMILES string of the molecule is C=CCC(C)C(C)N(C)CC(O)COC. The van der Waals surface area contributed by atoms with Gasteiger partial charge in [-0.05, 0) is 26.3 Å². The number of allylic oxidation sites excluding steroid dienone is 1. The lowest BCUT2D eigenvalue weighted by molar-refractivity contribution is 0.0304. The molecule has 0 fully saturated rings. The number of nitrogens with zero attached hydrogens (tertiary/aromatic N) is 1. The summed E-state index contributed by atoms with van der Waals surface area (Å²) in [6.07, 6.45) is 2.55. The molecule has 3 unspecified atom stereocenters. The van der Waals surface area contributed by atoms with Gasteiger partial charge in [-0.15, -0.1) is 6.58 Å². The summed E-state index contributed by atoms with van der Waals surface area (Å²) < 4.78 is 4.90. The van der Waals surface area contributed by atoms with Gasteiger partial charge in [-0.3, -0.25) is 0 Å². The van der Waals surface area contributed by atoms with E-state index in [9.17, 15) is 5.11 Å². The summed E-state index contributed by atoms with van der Waals surface area (Å²) in [7, 11) is 3.64. The summed E-state index contributed by atoms with van der Waals surface area (Å²) in [5.41, 5.74) is 0. The van der Waals surface area contributed by atoms with Gasteiger partial charge in [0.05, 0.1) is 12.7 Å². The molecule has 0 radical (unpaired) electrons. The van der Waals surface area contributed by atoms with E-state index in [1.807, 2.05) is 13.1 Å². The summed E-state index contributed by atoms with van der Waals surface area (Å²) in [4.78, 5) is 2.16. The van der Waals surface area contributed by atoms with E-state index < -0.39 is 6.10 Å². The molecule has 0 rings (SSSR count). The van der Waals surface area contributed by atoms with E-state index in [0.29, 0.717) is 25.1 Å². The third-order valence-electron chi connectivity index (χ3n) is 2.92. The monoisotopic (exact) mass is 215 g/mol. The van der Waals surface area contributed by atoms with Gasteiger partial charge in [0, 0.05) is 19.7 Å². The fourth-order valence-electron chi connectivity index (χ4n) is 1.64. The molecule has 0 bridgehead atoms. The molecule has 3 nitrogen and oxygen atoms in total. The van der Waals surface area contributed by atoms with Gasteiger partial charge < -0.3 is 14.7 Å². The first-order valence-electron chi connectivity index (χ1n) is 5.51. The summed E-state index contributed by atoms with van der Waals surface area (Å²) in [6.45, 7) is 9.16. The molecule has 3 heteroatoms. The molecule has 1 N–H and O–H groups in total. The number of methoxy groups -OCH3 is 1. The zero-order valence-electron chi connectivity index (χ0n) is 10.4. The van der Waals surface area contributed by atoms with Crippen LogP contribution in [0.4, 0.5) is 0 Å². The van der Waals surface area contributed by atoms with Crippen molar-refractivity contribution in [2.24, 2.45) is 5.92 Å². The van der Waals surface area contributed by atoms with Crippen molar-refractivity contribution in [3.8, 4) is 0 Å². The lowest BCUT2D eigenvalue weighted by atomic mass is 9.98. The summed E-state index contributed by atoms with van der Waals surface area (Å²) in [6, 6.07) is 0.439. The average Bonchev–Trinajstić information content (AvgIpc) is 2.17. The summed E-state index contributed by atoms with van der Waals surface area (Å²) in [5, 5.41) is 9.59. The summed E-state index contributed by atoms with van der Waals surface area (Å²) in [5.74, 6) is 0.558. The zero-order chi connectivity index (χ0) is 11.8. The van der Waals surface area contributed by atoms with Crippen molar-refractivity contribution >= 4 is 0 Å². The number of aliphatic hydroxyl groups is 1. The van der Waals surface area contributed by atoms with Crippen molar-refractivity contribution in [3.63, 3.8) is 0 Å². The highest BCUT2D eigenvalue weighted by Gasteiger charge is 2.18. The van der Waals surface area contributed by atoms with Crippen LogP contribution >= 0.6 is 0 Å². The van der Waals surface area contributed by atoms with E-state index in [0.717, 1.165) is 6.42 Å². The number of ether oxygens (including phenoxy) is 1. The van der Waals surface area contributed by atoms with E-state index in [2.05, 4.69) is 25.3 Å². The molecule has 0 saturated heterocycles. The van der Waals surface area contributed by atoms with Gasteiger partial charge in [0.25, 0.3) is 0 Å². The number of hydrogen-bond donors (Lipinski definition) is 1. The molecule has 0 heterocycles. The molecular formula is C12H25NO2. The fraction of sp³-hybridized carbons (Fsp3) is 0.833. The second-order valence-electron chi connectivity index (χ2n) is 4.29. The maximum Gasteiger partial charge on any atom is 0.0900 e. The first-order valence-corrected chi connectivity index (χ1v) is 5.51. The van der Waals surface area contributed by atoms with Crippen molar-refractivity contribution in [2.75, 3.05) is 27.3 Å². The predicted octanol–water partition coefficient (Wildman–Crippen LogP) is 1.53. The molecule has 3 atom stereocenters. The maximum atomic E-state index is 9.59. The number of aliphatic hydroxyl groups excluding tert-OH is 1. The third-order valence-corrected chi connectivity index (χ3v) is 2.92. The van der Waals surface area contributed by atoms with Crippen LogP contribution in [0.2, 0.25) is 0 Å². The van der Waals surface area contributed by atoms with E-state index in [1.165, 1.54) is 0 Å². The first-order chi connectivity index (χ1) is 7.02. The molecule has 0 amide bonds. The van der Waals surface area contributed by atoms with Gasteiger partial charge in [-0.2, -0.15) is 0 Å². The molecule has 0 saturated carbocycles. The van der Waals surface area contributed by atoms with E-state index in [1.54, 1.807) is 7.11 Å². The molecular weight excluding hydrogens is 190 g/mol. The second-order valence-corrected chi connectivity index (χ2v) is 4.29. The molecule has 0 spiro atoms. The lowest BCUT2D eigenvalue weighted by Crippen LogP contribution is -2.40. The van der Waals surface area contributed by atoms with Crippen molar-refractivity contribution in [2.45, 2.75) is 32.4 Å². The van der Waals surface area contributed by atoms with Crippen LogP contribution in [0.25, 0.3) is 0 Å². The smallest absolute Gasteiger partial charge is 0.0900 e. The first kappa shape index (κ1) is 14.6. The molecule has 0 aromatic heterocycles. The Morgan fingerprint density at radius 2 is 2.07 bits per heavy atom. The van der Waals surface area contributed by atoms with Gasteiger partial charge in [0.2, 0.25) is 0 Å². The number of hydrogen-bond acceptors (Lipinski definition) is 3. The fourth-order valence-corrected chi connectivity index (χ4v) is 1.64. The Morgan fingerprint density at radius 3 is 2.53 bits per heavy atom. The Kier molecular flexibility index (Phi) is 7.65. The number of rotatable bonds is 8. The summed E-state index contributed by atoms with van der Waals surface area (Å²) >= 11 is 0. The average molecular weight is 215 g/mol. The highest BCUT2D eigenvalue weighted by atomic mass is 16.5. The Balaban J connectivity index is 3.96. The lowest BCUT2D eigenvalue weighted by Gasteiger charge is -2.30. The molecule has 0 aromatic rings. The van der Waals surface area contributed by atoms with Crippen molar-refractivity contribution in [1.82, 2.24) is 4.90 Å². The van der Waals surface area contributed by atoms with Crippen molar-refractivity contribution in [1.29, 1.82) is 0 Å². The second kappa shape index (κ2) is 7.85. The van der Waals surface area contributed by atoms with Crippen molar-refractivity contribution < 1.29 is 9.84 Å². The van der Waals surface area contributed by atoms with Crippen LogP contribution in [0, 0.1) is 5.92 Å². The third kappa shape index (κ3) is 5.92. The molecule has 0 aliphatic carbocycles. The zero-order valence-corrected chi connectivity index (χ0v) is 10.4. The molecule has 90 valence electrons. The molecule has 0 aromatic carbocycles.